The number of hydrogen-bond donors (Lipinski definition) is 0. The molecule has 0 bridgehead atoms. The second-order valence-corrected chi connectivity index (χ2v) is 5.86. The predicted octanol–water partition coefficient (Wildman–Crippen LogP) is 3.48. The van der Waals surface area contributed by atoms with Crippen molar-refractivity contribution >= 4 is 11.6 Å². The molecular formula is C18H17NO2. The number of carbonyl (C=O) groups is 1. The summed E-state index contributed by atoms with van der Waals surface area (Å²) in [7, 11) is 0. The van der Waals surface area contributed by atoms with Gasteiger partial charge in [0.05, 0.1) is 11.7 Å². The Balaban J connectivity index is 1.77. The maximum atomic E-state index is 12.9. The summed E-state index contributed by atoms with van der Waals surface area (Å²) in [5.74, 6) is 0.0453. The first-order valence-corrected chi connectivity index (χ1v) is 7.31. The molecule has 1 amide bonds. The van der Waals surface area contributed by atoms with Crippen LogP contribution in [0.25, 0.3) is 0 Å². The molecule has 0 spiro atoms. The molecule has 2 aromatic rings. The van der Waals surface area contributed by atoms with Crippen LogP contribution in [0.15, 0.2) is 48.5 Å². The Morgan fingerprint density at radius 3 is 2.57 bits per heavy atom. The third-order valence-corrected chi connectivity index (χ3v) is 4.43. The molecule has 3 nitrogen and oxygen atoms in total. The van der Waals surface area contributed by atoms with Gasteiger partial charge < -0.3 is 9.64 Å². The Morgan fingerprint density at radius 1 is 1.10 bits per heavy atom. The fourth-order valence-electron chi connectivity index (χ4n) is 3.18. The maximum Gasteiger partial charge on any atom is 0.258 e. The highest BCUT2D eigenvalue weighted by atomic mass is 16.6. The number of para-hydroxylation sites is 1. The smallest absolute Gasteiger partial charge is 0.258 e. The summed E-state index contributed by atoms with van der Waals surface area (Å²) < 4.78 is 5.76. The van der Waals surface area contributed by atoms with E-state index in [1.807, 2.05) is 54.3 Å². The minimum Gasteiger partial charge on any atom is -0.362 e. The third kappa shape index (κ3) is 1.88. The van der Waals surface area contributed by atoms with E-state index in [4.69, 9.17) is 4.74 Å². The Hall–Kier alpha value is -2.13. The van der Waals surface area contributed by atoms with Crippen molar-refractivity contribution in [2.45, 2.75) is 32.1 Å². The van der Waals surface area contributed by atoms with Crippen LogP contribution in [0.2, 0.25) is 0 Å². The first-order valence-electron chi connectivity index (χ1n) is 7.31. The number of benzene rings is 2. The summed E-state index contributed by atoms with van der Waals surface area (Å²) in [5, 5.41) is 0. The van der Waals surface area contributed by atoms with Crippen molar-refractivity contribution in [3.63, 3.8) is 0 Å². The molecule has 2 aromatic carbocycles. The molecule has 2 aliphatic rings. The molecule has 106 valence electrons. The van der Waals surface area contributed by atoms with Crippen LogP contribution in [-0.2, 0) is 4.74 Å². The van der Waals surface area contributed by atoms with Crippen molar-refractivity contribution in [1.82, 2.24) is 0 Å². The molecule has 0 aromatic heterocycles. The van der Waals surface area contributed by atoms with Gasteiger partial charge in [-0.25, -0.2) is 0 Å². The predicted molar refractivity (Wildman–Crippen MR) is 81.5 cm³/mol. The van der Waals surface area contributed by atoms with Crippen molar-refractivity contribution in [1.29, 1.82) is 0 Å². The second kappa shape index (κ2) is 4.43. The topological polar surface area (TPSA) is 32.8 Å². The molecule has 0 unspecified atom stereocenters. The lowest BCUT2D eigenvalue weighted by atomic mass is 9.95. The molecule has 4 rings (SSSR count). The van der Waals surface area contributed by atoms with E-state index in [2.05, 4.69) is 13.0 Å². The zero-order valence-corrected chi connectivity index (χ0v) is 12.1. The van der Waals surface area contributed by atoms with Gasteiger partial charge in [0.2, 0.25) is 0 Å². The molecule has 3 heteroatoms. The average molecular weight is 279 g/mol. The number of fused-ring (bicyclic) bond motifs is 3. The first-order chi connectivity index (χ1) is 10.2. The van der Waals surface area contributed by atoms with Gasteiger partial charge in [-0.1, -0.05) is 35.9 Å². The Labute approximate surface area is 124 Å². The summed E-state index contributed by atoms with van der Waals surface area (Å²) >= 11 is 0. The Bertz CT molecular complexity index is 707. The van der Waals surface area contributed by atoms with Crippen molar-refractivity contribution in [2.24, 2.45) is 0 Å². The fourth-order valence-corrected chi connectivity index (χ4v) is 3.18. The second-order valence-electron chi connectivity index (χ2n) is 5.86. The summed E-state index contributed by atoms with van der Waals surface area (Å²) in [6.07, 6.45) is 0.299. The van der Waals surface area contributed by atoms with Crippen LogP contribution in [0.1, 0.15) is 34.5 Å². The minimum absolute atomic E-state index is 0.0453. The molecule has 1 saturated heterocycles. The van der Waals surface area contributed by atoms with Gasteiger partial charge in [-0.05, 0) is 32.0 Å². The Morgan fingerprint density at radius 2 is 1.81 bits per heavy atom. The number of carbonyl (C=O) groups excluding carboxylic acids is 1. The molecule has 0 N–H and O–H groups in total. The quantitative estimate of drug-likeness (QED) is 0.749. The average Bonchev–Trinajstić information content (AvgIpc) is 3.29. The molecule has 1 fully saturated rings. The molecule has 2 heterocycles. The number of ether oxygens (including phenoxy) is 1. The third-order valence-electron chi connectivity index (χ3n) is 4.43. The summed E-state index contributed by atoms with van der Waals surface area (Å²) in [4.78, 5) is 14.8. The monoisotopic (exact) mass is 279 g/mol. The highest BCUT2D eigenvalue weighted by molar-refractivity contribution is 6.07. The van der Waals surface area contributed by atoms with Gasteiger partial charge in [0.25, 0.3) is 5.91 Å². The van der Waals surface area contributed by atoms with E-state index in [-0.39, 0.29) is 24.2 Å². The number of hydrogen-bond acceptors (Lipinski definition) is 2. The number of amides is 1. The van der Waals surface area contributed by atoms with Gasteiger partial charge in [-0.3, -0.25) is 4.79 Å². The lowest BCUT2D eigenvalue weighted by Crippen LogP contribution is -2.44. The van der Waals surface area contributed by atoms with Crippen LogP contribution >= 0.6 is 0 Å². The van der Waals surface area contributed by atoms with E-state index in [1.54, 1.807) is 0 Å². The minimum atomic E-state index is 0.0453. The summed E-state index contributed by atoms with van der Waals surface area (Å²) in [6, 6.07) is 15.9. The van der Waals surface area contributed by atoms with Gasteiger partial charge in [0.1, 0.15) is 12.2 Å². The van der Waals surface area contributed by atoms with Crippen LogP contribution in [0.3, 0.4) is 0 Å². The number of rotatable bonds is 1. The van der Waals surface area contributed by atoms with E-state index in [0.29, 0.717) is 0 Å². The molecule has 2 aliphatic heterocycles. The number of aryl methyl sites for hydroxylation is 1. The van der Waals surface area contributed by atoms with Crippen LogP contribution in [0, 0.1) is 6.92 Å². The van der Waals surface area contributed by atoms with Crippen molar-refractivity contribution < 1.29 is 9.53 Å². The SMILES string of the molecule is Cc1ccc(C(=O)N2c3ccccc3[C@@H]3O[C@@H]3[C@H]2C)cc1. The highest BCUT2D eigenvalue weighted by Crippen LogP contribution is 2.51. The number of anilines is 1. The van der Waals surface area contributed by atoms with E-state index in [0.717, 1.165) is 22.4 Å². The standard InChI is InChI=1S/C18H17NO2/c1-11-7-9-13(10-8-11)18(20)19-12(2)16-17(21-16)14-5-3-4-6-15(14)19/h3-10,12,16-17H,1-2H3/t12-,16-,17+/m1/s1. The molecule has 21 heavy (non-hydrogen) atoms. The van der Waals surface area contributed by atoms with Crippen molar-refractivity contribution in [3.05, 3.63) is 65.2 Å². The zero-order valence-electron chi connectivity index (χ0n) is 12.1. The van der Waals surface area contributed by atoms with Gasteiger partial charge in [0, 0.05) is 11.1 Å². The van der Waals surface area contributed by atoms with E-state index in [9.17, 15) is 4.79 Å². The Kier molecular flexibility index (Phi) is 2.66. The number of nitrogens with zero attached hydrogens (tertiary/aromatic N) is 1. The fraction of sp³-hybridized carbons (Fsp3) is 0.278. The van der Waals surface area contributed by atoms with E-state index in [1.165, 1.54) is 0 Å². The van der Waals surface area contributed by atoms with E-state index < -0.39 is 0 Å². The van der Waals surface area contributed by atoms with Gasteiger partial charge in [0.15, 0.2) is 0 Å². The van der Waals surface area contributed by atoms with Crippen LogP contribution < -0.4 is 4.90 Å². The molecule has 0 aliphatic carbocycles. The zero-order chi connectivity index (χ0) is 14.6. The summed E-state index contributed by atoms with van der Waals surface area (Å²) in [6.45, 7) is 4.09. The van der Waals surface area contributed by atoms with Crippen LogP contribution in [0.4, 0.5) is 5.69 Å². The van der Waals surface area contributed by atoms with E-state index >= 15 is 0 Å². The first kappa shape index (κ1) is 12.6. The molecule has 3 atom stereocenters. The number of epoxide rings is 1. The maximum absolute atomic E-state index is 12.9. The van der Waals surface area contributed by atoms with Gasteiger partial charge in [-0.2, -0.15) is 0 Å². The molecule has 0 radical (unpaired) electrons. The van der Waals surface area contributed by atoms with Crippen LogP contribution in [-0.4, -0.2) is 18.1 Å². The van der Waals surface area contributed by atoms with Crippen LogP contribution in [0.5, 0.6) is 0 Å². The van der Waals surface area contributed by atoms with Crippen molar-refractivity contribution in [2.75, 3.05) is 4.90 Å². The lowest BCUT2D eigenvalue weighted by Gasteiger charge is -2.33. The highest BCUT2D eigenvalue weighted by Gasteiger charge is 2.52. The molecule has 0 saturated carbocycles. The van der Waals surface area contributed by atoms with Gasteiger partial charge in [-0.15, -0.1) is 0 Å². The molecular weight excluding hydrogens is 262 g/mol. The summed E-state index contributed by atoms with van der Waals surface area (Å²) in [5.41, 5.74) is 3.99. The van der Waals surface area contributed by atoms with Gasteiger partial charge >= 0.3 is 0 Å². The normalized spacial score (nSPS) is 26.0. The lowest BCUT2D eigenvalue weighted by molar-refractivity contribution is 0.0973. The largest absolute Gasteiger partial charge is 0.362 e. The van der Waals surface area contributed by atoms with Crippen molar-refractivity contribution in [3.8, 4) is 0 Å².